The van der Waals surface area contributed by atoms with E-state index in [2.05, 4.69) is 0 Å². The zero-order valence-corrected chi connectivity index (χ0v) is 8.60. The molecule has 0 spiro atoms. The molecular weight excluding hydrogens is 238 g/mol. The fourth-order valence-corrected chi connectivity index (χ4v) is 1.36. The van der Waals surface area contributed by atoms with Gasteiger partial charge in [0.05, 0.1) is 9.95 Å². The lowest BCUT2D eigenvalue weighted by Gasteiger charge is -2.00. The van der Waals surface area contributed by atoms with Crippen LogP contribution in [0, 0.1) is 10.1 Å². The van der Waals surface area contributed by atoms with E-state index in [1.807, 2.05) is 0 Å². The molecule has 0 aromatic heterocycles. The third-order valence-electron chi connectivity index (χ3n) is 1.78. The van der Waals surface area contributed by atoms with Gasteiger partial charge in [0.25, 0.3) is 5.69 Å². The molecular formula is C9H6ClNO5. The summed E-state index contributed by atoms with van der Waals surface area (Å²) in [6, 6.07) is 3.25. The summed E-state index contributed by atoms with van der Waals surface area (Å²) in [6.07, 6.45) is -0.697. The molecule has 1 aromatic rings. The number of aliphatic carboxylic acids is 1. The number of nitro benzene ring substituents is 1. The maximum atomic E-state index is 11.3. The Labute approximate surface area is 94.6 Å². The second-order valence-electron chi connectivity index (χ2n) is 2.91. The second kappa shape index (κ2) is 4.71. The van der Waals surface area contributed by atoms with Gasteiger partial charge >= 0.3 is 5.97 Å². The first-order valence-corrected chi connectivity index (χ1v) is 4.48. The summed E-state index contributed by atoms with van der Waals surface area (Å²) in [4.78, 5) is 31.3. The first-order valence-electron chi connectivity index (χ1n) is 4.10. The lowest BCUT2D eigenvalue weighted by molar-refractivity contribution is -0.384. The maximum absolute atomic E-state index is 11.3. The molecule has 0 aliphatic rings. The predicted octanol–water partition coefficient (Wildman–Crippen LogP) is 1.91. The molecule has 0 aliphatic heterocycles. The second-order valence-corrected chi connectivity index (χ2v) is 3.32. The molecule has 0 radical (unpaired) electrons. The van der Waals surface area contributed by atoms with E-state index >= 15 is 0 Å². The number of hydrogen-bond acceptors (Lipinski definition) is 4. The smallest absolute Gasteiger partial charge is 0.311 e. The quantitative estimate of drug-likeness (QED) is 0.377. The van der Waals surface area contributed by atoms with E-state index in [-0.39, 0.29) is 16.3 Å². The first kappa shape index (κ1) is 12.1. The van der Waals surface area contributed by atoms with Gasteiger partial charge in [0.1, 0.15) is 6.42 Å². The minimum absolute atomic E-state index is 0.0327. The van der Waals surface area contributed by atoms with Crippen molar-refractivity contribution in [1.82, 2.24) is 0 Å². The summed E-state index contributed by atoms with van der Waals surface area (Å²) in [5, 5.41) is 18.7. The molecule has 0 aliphatic carbocycles. The van der Waals surface area contributed by atoms with Crippen molar-refractivity contribution in [2.45, 2.75) is 6.42 Å². The number of ketones is 1. The van der Waals surface area contributed by atoms with Gasteiger partial charge in [-0.05, 0) is 6.07 Å². The fraction of sp³-hybridized carbons (Fsp3) is 0.111. The van der Waals surface area contributed by atoms with Gasteiger partial charge < -0.3 is 5.11 Å². The lowest BCUT2D eigenvalue weighted by Crippen LogP contribution is -2.07. The Bertz CT molecular complexity index is 471. The standard InChI is InChI=1S/C9H6ClNO5/c10-7-3-5(11(15)16)1-2-6(7)8(12)4-9(13)14/h1-3H,4H2,(H,13,14). The number of carbonyl (C=O) groups excluding carboxylic acids is 1. The number of Topliss-reactive ketones (excluding diaryl/α,β-unsaturated/α-hetero) is 1. The molecule has 0 bridgehead atoms. The van der Waals surface area contributed by atoms with Crippen LogP contribution in [0.5, 0.6) is 0 Å². The van der Waals surface area contributed by atoms with Crippen LogP contribution in [0.25, 0.3) is 0 Å². The molecule has 16 heavy (non-hydrogen) atoms. The van der Waals surface area contributed by atoms with Crippen LogP contribution in [0.1, 0.15) is 16.8 Å². The van der Waals surface area contributed by atoms with Gasteiger partial charge in [-0.1, -0.05) is 11.6 Å². The van der Waals surface area contributed by atoms with Gasteiger partial charge in [-0.3, -0.25) is 19.7 Å². The average Bonchev–Trinajstić information content (AvgIpc) is 2.15. The summed E-state index contributed by atoms with van der Waals surface area (Å²) >= 11 is 5.63. The summed E-state index contributed by atoms with van der Waals surface area (Å²) in [5.41, 5.74) is -0.286. The topological polar surface area (TPSA) is 97.5 Å². The van der Waals surface area contributed by atoms with E-state index in [4.69, 9.17) is 16.7 Å². The number of rotatable bonds is 4. The largest absolute Gasteiger partial charge is 0.481 e. The fourth-order valence-electron chi connectivity index (χ4n) is 1.08. The van der Waals surface area contributed by atoms with Gasteiger partial charge in [0.2, 0.25) is 0 Å². The summed E-state index contributed by atoms with van der Waals surface area (Å²) < 4.78 is 0. The molecule has 0 unspecified atom stereocenters. The Hall–Kier alpha value is -1.95. The molecule has 0 heterocycles. The zero-order chi connectivity index (χ0) is 12.3. The van der Waals surface area contributed by atoms with Gasteiger partial charge in [-0.2, -0.15) is 0 Å². The molecule has 0 fully saturated rings. The van der Waals surface area contributed by atoms with Crippen LogP contribution in [-0.2, 0) is 4.79 Å². The van der Waals surface area contributed by atoms with E-state index in [0.29, 0.717) is 0 Å². The van der Waals surface area contributed by atoms with E-state index in [9.17, 15) is 19.7 Å². The highest BCUT2D eigenvalue weighted by Crippen LogP contribution is 2.23. The molecule has 1 rings (SSSR count). The Morgan fingerprint density at radius 3 is 2.50 bits per heavy atom. The van der Waals surface area contributed by atoms with Crippen molar-refractivity contribution in [3.8, 4) is 0 Å². The lowest BCUT2D eigenvalue weighted by atomic mass is 10.1. The summed E-state index contributed by atoms with van der Waals surface area (Å²) in [7, 11) is 0. The third-order valence-corrected chi connectivity index (χ3v) is 2.09. The van der Waals surface area contributed by atoms with Crippen LogP contribution in [-0.4, -0.2) is 21.8 Å². The number of non-ortho nitro benzene ring substituents is 1. The molecule has 1 aromatic carbocycles. The maximum Gasteiger partial charge on any atom is 0.311 e. The molecule has 7 heteroatoms. The Balaban J connectivity index is 3.03. The van der Waals surface area contributed by atoms with Gasteiger partial charge in [0.15, 0.2) is 5.78 Å². The molecule has 0 amide bonds. The van der Waals surface area contributed by atoms with E-state index < -0.39 is 23.1 Å². The van der Waals surface area contributed by atoms with Crippen molar-refractivity contribution in [3.63, 3.8) is 0 Å². The Kier molecular flexibility index (Phi) is 3.57. The highest BCUT2D eigenvalue weighted by atomic mass is 35.5. The molecule has 6 nitrogen and oxygen atoms in total. The Morgan fingerprint density at radius 2 is 2.06 bits per heavy atom. The predicted molar refractivity (Wildman–Crippen MR) is 54.7 cm³/mol. The zero-order valence-electron chi connectivity index (χ0n) is 7.84. The summed E-state index contributed by atoms with van der Waals surface area (Å²) in [5.74, 6) is -1.97. The number of benzene rings is 1. The van der Waals surface area contributed by atoms with Gasteiger partial charge in [0, 0.05) is 17.7 Å². The van der Waals surface area contributed by atoms with Gasteiger partial charge in [-0.25, -0.2) is 0 Å². The van der Waals surface area contributed by atoms with Crippen molar-refractivity contribution in [2.24, 2.45) is 0 Å². The van der Waals surface area contributed by atoms with Crippen LogP contribution < -0.4 is 0 Å². The van der Waals surface area contributed by atoms with Crippen LogP contribution in [0.15, 0.2) is 18.2 Å². The first-order chi connectivity index (χ1) is 7.41. The molecule has 0 saturated heterocycles. The van der Waals surface area contributed by atoms with Crippen molar-refractivity contribution in [2.75, 3.05) is 0 Å². The number of carboxylic acid groups (broad SMARTS) is 1. The Morgan fingerprint density at radius 1 is 1.44 bits per heavy atom. The van der Waals surface area contributed by atoms with Crippen LogP contribution >= 0.6 is 11.6 Å². The summed E-state index contributed by atoms with van der Waals surface area (Å²) in [6.45, 7) is 0. The highest BCUT2D eigenvalue weighted by molar-refractivity contribution is 6.34. The monoisotopic (exact) mass is 243 g/mol. The molecule has 84 valence electrons. The van der Waals surface area contributed by atoms with Crippen LogP contribution in [0.3, 0.4) is 0 Å². The minimum atomic E-state index is -1.28. The van der Waals surface area contributed by atoms with E-state index in [0.717, 1.165) is 18.2 Å². The molecule has 0 saturated carbocycles. The van der Waals surface area contributed by atoms with Crippen molar-refractivity contribution in [3.05, 3.63) is 38.9 Å². The average molecular weight is 244 g/mol. The van der Waals surface area contributed by atoms with Crippen molar-refractivity contribution in [1.29, 1.82) is 0 Å². The minimum Gasteiger partial charge on any atom is -0.481 e. The van der Waals surface area contributed by atoms with E-state index in [1.54, 1.807) is 0 Å². The number of halogens is 1. The molecule has 1 N–H and O–H groups in total. The highest BCUT2D eigenvalue weighted by Gasteiger charge is 2.16. The van der Waals surface area contributed by atoms with Crippen molar-refractivity contribution >= 4 is 29.0 Å². The van der Waals surface area contributed by atoms with Crippen LogP contribution in [0.4, 0.5) is 5.69 Å². The van der Waals surface area contributed by atoms with Crippen LogP contribution in [0.2, 0.25) is 5.02 Å². The van der Waals surface area contributed by atoms with Gasteiger partial charge in [-0.15, -0.1) is 0 Å². The number of nitro groups is 1. The third kappa shape index (κ3) is 2.77. The number of carbonyl (C=O) groups is 2. The SMILES string of the molecule is O=C(O)CC(=O)c1ccc([N+](=O)[O-])cc1Cl. The molecule has 0 atom stereocenters. The normalized spacial score (nSPS) is 9.81. The number of carboxylic acids is 1. The van der Waals surface area contributed by atoms with E-state index in [1.165, 1.54) is 0 Å². The number of hydrogen-bond donors (Lipinski definition) is 1. The van der Waals surface area contributed by atoms with Crippen molar-refractivity contribution < 1.29 is 19.6 Å². The number of nitrogens with zero attached hydrogens (tertiary/aromatic N) is 1.